The molecule has 5 rings (SSSR count). The average Bonchev–Trinajstić information content (AvgIpc) is 3.27. The zero-order chi connectivity index (χ0) is 16.9. The fraction of sp³-hybridized carbons (Fsp3) is 0.167. The van der Waals surface area contributed by atoms with Crippen LogP contribution in [0.25, 0.3) is 12.2 Å². The Hall–Kier alpha value is -1.15. The van der Waals surface area contributed by atoms with E-state index in [0.29, 0.717) is 15.0 Å². The van der Waals surface area contributed by atoms with Crippen molar-refractivity contribution in [1.82, 2.24) is 0 Å². The minimum absolute atomic E-state index is 0. The predicted octanol–water partition coefficient (Wildman–Crippen LogP) is 7.04. The van der Waals surface area contributed by atoms with Gasteiger partial charge in [0.25, 0.3) is 0 Å². The molecule has 2 aromatic carbocycles. The van der Waals surface area contributed by atoms with Crippen LogP contribution in [0.4, 0.5) is 0 Å². The average molecular weight is 559 g/mol. The van der Waals surface area contributed by atoms with Crippen LogP contribution >= 0.6 is 24.8 Å². The van der Waals surface area contributed by atoms with E-state index in [0.717, 1.165) is 30.8 Å². The van der Waals surface area contributed by atoms with Gasteiger partial charge in [-0.25, -0.2) is 0 Å². The first-order valence-corrected chi connectivity index (χ1v) is 10.7. The third-order valence-electron chi connectivity index (χ3n) is 5.76. The Kier molecular flexibility index (Phi) is 6.15. The van der Waals surface area contributed by atoms with E-state index < -0.39 is 0 Å². The van der Waals surface area contributed by atoms with Crippen LogP contribution in [0.15, 0.2) is 84.5 Å². The van der Waals surface area contributed by atoms with E-state index in [1.54, 1.807) is 0 Å². The minimum atomic E-state index is 0. The van der Waals surface area contributed by atoms with Crippen LogP contribution in [0, 0.1) is 0 Å². The summed E-state index contributed by atoms with van der Waals surface area (Å²) in [6.07, 6.45) is 17.9. The SMILES string of the molecule is Cl.Cl.[Hf][C]1(C2C=Cc3ccccc32)C=CC(C2C=Cc3ccccc32)=CC1. The maximum absolute atomic E-state index is 2.51. The van der Waals surface area contributed by atoms with E-state index >= 15 is 0 Å². The number of allylic oxidation sites excluding steroid dienone is 6. The quantitative estimate of drug-likeness (QED) is 0.347. The molecule has 0 heterocycles. The van der Waals surface area contributed by atoms with Gasteiger partial charge in [-0.15, -0.1) is 24.8 Å². The van der Waals surface area contributed by atoms with Crippen molar-refractivity contribution in [2.45, 2.75) is 21.4 Å². The molecule has 0 saturated carbocycles. The molecule has 0 aromatic heterocycles. The van der Waals surface area contributed by atoms with E-state index in [4.69, 9.17) is 0 Å². The normalized spacial score (nSPS) is 26.6. The van der Waals surface area contributed by atoms with Crippen molar-refractivity contribution in [2.24, 2.45) is 0 Å². The molecule has 3 heteroatoms. The monoisotopic (exact) mass is 559 g/mol. The molecule has 2 aromatic rings. The standard InChI is InChI=1S/C24H19.2ClH.Hf/c1-3-7-21-17(5-1)13-15-23(21)19-9-11-20(12-10-19)24-16-14-18-6-2-4-8-22(18)24;;;/h1-11,13-16,23-24H,12H2;2*1H;. The molecule has 0 fully saturated rings. The predicted molar refractivity (Wildman–Crippen MR) is 115 cm³/mol. The van der Waals surface area contributed by atoms with Gasteiger partial charge >= 0.3 is 165 Å². The van der Waals surface area contributed by atoms with Crippen LogP contribution in [0.3, 0.4) is 0 Å². The number of hydrogen-bond donors (Lipinski definition) is 0. The van der Waals surface area contributed by atoms with Crippen molar-refractivity contribution in [3.8, 4) is 0 Å². The molecule has 0 aliphatic heterocycles. The van der Waals surface area contributed by atoms with Crippen molar-refractivity contribution in [2.75, 3.05) is 0 Å². The van der Waals surface area contributed by atoms with Crippen LogP contribution in [-0.4, -0.2) is 0 Å². The molecule has 0 saturated heterocycles. The molecule has 0 bridgehead atoms. The summed E-state index contributed by atoms with van der Waals surface area (Å²) in [7, 11) is 0. The number of hydrogen-bond acceptors (Lipinski definition) is 0. The Morgan fingerprint density at radius 3 is 2.11 bits per heavy atom. The van der Waals surface area contributed by atoms with E-state index in [9.17, 15) is 0 Å². The molecule has 3 aliphatic carbocycles. The first-order valence-electron chi connectivity index (χ1n) is 8.93. The Morgan fingerprint density at radius 2 is 1.41 bits per heavy atom. The second kappa shape index (κ2) is 8.07. The van der Waals surface area contributed by atoms with Crippen molar-refractivity contribution in [3.05, 3.63) is 107 Å². The summed E-state index contributed by atoms with van der Waals surface area (Å²) in [6, 6.07) is 17.6. The van der Waals surface area contributed by atoms with Gasteiger partial charge in [0.05, 0.1) is 0 Å². The molecule has 3 unspecified atom stereocenters. The fourth-order valence-corrected chi connectivity index (χ4v) is 5.94. The summed E-state index contributed by atoms with van der Waals surface area (Å²) in [4.78, 5) is 0. The molecule has 0 nitrogen and oxygen atoms in total. The summed E-state index contributed by atoms with van der Waals surface area (Å²) >= 11 is 1.16. The summed E-state index contributed by atoms with van der Waals surface area (Å²) in [5.41, 5.74) is 7.19. The molecule has 27 heavy (non-hydrogen) atoms. The van der Waals surface area contributed by atoms with Gasteiger partial charge < -0.3 is 0 Å². The summed E-state index contributed by atoms with van der Waals surface area (Å²) < 4.78 is 0.300. The van der Waals surface area contributed by atoms with Crippen molar-refractivity contribution in [3.63, 3.8) is 0 Å². The van der Waals surface area contributed by atoms with Crippen LogP contribution in [-0.2, 0) is 24.4 Å². The number of rotatable bonds is 2. The second-order valence-electron chi connectivity index (χ2n) is 7.21. The molecule has 0 radical (unpaired) electrons. The zero-order valence-electron chi connectivity index (χ0n) is 14.8. The zero-order valence-corrected chi connectivity index (χ0v) is 20.1. The molecular weight excluding hydrogens is 538 g/mol. The third-order valence-corrected chi connectivity index (χ3v) is 8.21. The second-order valence-corrected chi connectivity index (χ2v) is 10.6. The van der Waals surface area contributed by atoms with Crippen molar-refractivity contribution in [1.29, 1.82) is 0 Å². The van der Waals surface area contributed by atoms with Gasteiger partial charge in [-0.2, -0.15) is 0 Å². The molecule has 3 atom stereocenters. The molecule has 0 spiro atoms. The van der Waals surface area contributed by atoms with Crippen LogP contribution in [0.1, 0.15) is 40.5 Å². The van der Waals surface area contributed by atoms with Gasteiger partial charge in [-0.3, -0.25) is 0 Å². The maximum atomic E-state index is 2.51. The van der Waals surface area contributed by atoms with Gasteiger partial charge in [0.1, 0.15) is 0 Å². The summed E-state index contributed by atoms with van der Waals surface area (Å²) in [5, 5.41) is 0. The van der Waals surface area contributed by atoms with E-state index in [1.807, 2.05) is 0 Å². The van der Waals surface area contributed by atoms with Crippen molar-refractivity contribution < 1.29 is 24.4 Å². The van der Waals surface area contributed by atoms with Gasteiger partial charge in [0.15, 0.2) is 0 Å². The first-order chi connectivity index (χ1) is 12.2. The Balaban J connectivity index is 0.00000105. The molecule has 0 N–H and O–H groups in total. The van der Waals surface area contributed by atoms with Crippen LogP contribution in [0.2, 0.25) is 3.17 Å². The summed E-state index contributed by atoms with van der Waals surface area (Å²) in [6.45, 7) is 0. The van der Waals surface area contributed by atoms with Gasteiger partial charge in [-0.05, 0) is 0 Å². The molecule has 0 amide bonds. The first kappa shape index (κ1) is 20.6. The van der Waals surface area contributed by atoms with Gasteiger partial charge in [-0.1, -0.05) is 0 Å². The van der Waals surface area contributed by atoms with Crippen molar-refractivity contribution >= 4 is 37.0 Å². The third kappa shape index (κ3) is 3.50. The van der Waals surface area contributed by atoms with Gasteiger partial charge in [0.2, 0.25) is 0 Å². The number of halogens is 2. The number of benzene rings is 2. The topological polar surface area (TPSA) is 0 Å². The van der Waals surface area contributed by atoms with Crippen LogP contribution in [0.5, 0.6) is 0 Å². The fourth-order valence-electron chi connectivity index (χ4n) is 4.37. The Bertz CT molecular complexity index is 970. The van der Waals surface area contributed by atoms with Crippen LogP contribution < -0.4 is 0 Å². The van der Waals surface area contributed by atoms with Gasteiger partial charge in [0, 0.05) is 0 Å². The molecule has 135 valence electrons. The molecule has 3 aliphatic rings. The van der Waals surface area contributed by atoms with E-state index in [-0.39, 0.29) is 24.8 Å². The van der Waals surface area contributed by atoms with E-state index in [1.165, 1.54) is 27.8 Å². The number of fused-ring (bicyclic) bond motifs is 2. The summed E-state index contributed by atoms with van der Waals surface area (Å²) in [5.74, 6) is 0.973. The van der Waals surface area contributed by atoms with E-state index in [2.05, 4.69) is 91.1 Å². The Labute approximate surface area is 188 Å². The Morgan fingerprint density at radius 1 is 0.778 bits per heavy atom. The molecular formula is C24H21Cl2Hf.